The Bertz CT molecular complexity index is 1260. The van der Waals surface area contributed by atoms with Crippen molar-refractivity contribution in [2.24, 2.45) is 5.41 Å². The van der Waals surface area contributed by atoms with Crippen molar-refractivity contribution in [2.75, 3.05) is 26.2 Å². The van der Waals surface area contributed by atoms with Crippen molar-refractivity contribution in [3.05, 3.63) is 60.1 Å². The molecule has 188 valence electrons. The van der Waals surface area contributed by atoms with Crippen LogP contribution < -0.4 is 0 Å². The first kappa shape index (κ1) is 24.3. The van der Waals surface area contributed by atoms with Gasteiger partial charge in [0.15, 0.2) is 0 Å². The molecule has 0 saturated carbocycles. The summed E-state index contributed by atoms with van der Waals surface area (Å²) in [6.07, 6.45) is 5.79. The molecule has 2 saturated heterocycles. The third-order valence-corrected chi connectivity index (χ3v) is 6.96. The first-order chi connectivity index (χ1) is 17.1. The Morgan fingerprint density at radius 1 is 1.00 bits per heavy atom. The zero-order valence-electron chi connectivity index (χ0n) is 20.8. The summed E-state index contributed by atoms with van der Waals surface area (Å²) in [7, 11) is 0. The largest absolute Gasteiger partial charge is 0.444 e. The number of carbonyl (C=O) groups is 2. The summed E-state index contributed by atoms with van der Waals surface area (Å²) in [5.41, 5.74) is 2.96. The Balaban J connectivity index is 1.30. The first-order valence-corrected chi connectivity index (χ1v) is 12.5. The van der Waals surface area contributed by atoms with E-state index in [1.807, 2.05) is 66.6 Å². The molecule has 36 heavy (non-hydrogen) atoms. The molecule has 0 radical (unpaired) electrons. The van der Waals surface area contributed by atoms with Crippen LogP contribution >= 0.6 is 11.6 Å². The quantitative estimate of drug-likeness (QED) is 0.509. The third kappa shape index (κ3) is 4.95. The standard InChI is InChI=1S/C27H30ClN5O3/c1-26(2,3)36-25(35)33-16-27(17-33)10-13-31(15-27)22(34)14-32-18-30-23(19-4-6-21(28)7-5-19)24(32)20-8-11-29-12-9-20/h4-9,11-12,18H,10,13-17H2,1-3H3. The monoisotopic (exact) mass is 507 g/mol. The van der Waals surface area contributed by atoms with Crippen molar-refractivity contribution in [2.45, 2.75) is 39.3 Å². The molecule has 2 aromatic heterocycles. The second-order valence-corrected chi connectivity index (χ2v) is 11.2. The van der Waals surface area contributed by atoms with Crippen LogP contribution in [0, 0.1) is 5.41 Å². The molecule has 2 fully saturated rings. The Labute approximate surface area is 215 Å². The van der Waals surface area contributed by atoms with Crippen molar-refractivity contribution < 1.29 is 14.3 Å². The van der Waals surface area contributed by atoms with Gasteiger partial charge in [0.2, 0.25) is 5.91 Å². The highest BCUT2D eigenvalue weighted by atomic mass is 35.5. The topological polar surface area (TPSA) is 80.6 Å². The van der Waals surface area contributed by atoms with E-state index in [-0.39, 0.29) is 24.0 Å². The lowest BCUT2D eigenvalue weighted by Gasteiger charge is -2.47. The molecule has 0 aliphatic carbocycles. The van der Waals surface area contributed by atoms with E-state index in [2.05, 4.69) is 9.97 Å². The minimum absolute atomic E-state index is 0.0378. The fourth-order valence-corrected chi connectivity index (χ4v) is 5.13. The Hall–Kier alpha value is -3.39. The lowest BCUT2D eigenvalue weighted by Crippen LogP contribution is -2.60. The van der Waals surface area contributed by atoms with Crippen LogP contribution in [0.1, 0.15) is 27.2 Å². The number of rotatable bonds is 4. The Morgan fingerprint density at radius 2 is 1.67 bits per heavy atom. The van der Waals surface area contributed by atoms with Gasteiger partial charge >= 0.3 is 6.09 Å². The van der Waals surface area contributed by atoms with Crippen molar-refractivity contribution in [1.29, 1.82) is 0 Å². The summed E-state index contributed by atoms with van der Waals surface area (Å²) in [5.74, 6) is 0.0398. The zero-order valence-corrected chi connectivity index (χ0v) is 21.5. The maximum absolute atomic E-state index is 13.4. The van der Waals surface area contributed by atoms with Crippen LogP contribution in [0.2, 0.25) is 5.02 Å². The highest BCUT2D eigenvalue weighted by molar-refractivity contribution is 6.30. The number of pyridine rings is 1. The number of ether oxygens (including phenoxy) is 1. The SMILES string of the molecule is CC(C)(C)OC(=O)N1CC2(CCN(C(=O)Cn3cnc(-c4ccc(Cl)cc4)c3-c3ccncc3)C2)C1. The van der Waals surface area contributed by atoms with Crippen LogP contribution in [0.4, 0.5) is 4.79 Å². The van der Waals surface area contributed by atoms with E-state index in [4.69, 9.17) is 16.3 Å². The molecule has 3 aromatic rings. The summed E-state index contributed by atoms with van der Waals surface area (Å²) in [4.78, 5) is 38.1. The molecule has 2 amide bonds. The molecule has 5 rings (SSSR count). The lowest BCUT2D eigenvalue weighted by molar-refractivity contribution is -0.131. The molecule has 0 bridgehead atoms. The molecular formula is C27H30ClN5O3. The summed E-state index contributed by atoms with van der Waals surface area (Å²) < 4.78 is 7.39. The summed E-state index contributed by atoms with van der Waals surface area (Å²) >= 11 is 6.08. The van der Waals surface area contributed by atoms with Gasteiger partial charge in [-0.2, -0.15) is 0 Å². The van der Waals surface area contributed by atoms with Crippen LogP contribution in [0.25, 0.3) is 22.5 Å². The second-order valence-electron chi connectivity index (χ2n) is 10.7. The van der Waals surface area contributed by atoms with Crippen LogP contribution in [0.5, 0.6) is 0 Å². The van der Waals surface area contributed by atoms with Gasteiger partial charge in [0.25, 0.3) is 0 Å². The van der Waals surface area contributed by atoms with E-state index >= 15 is 0 Å². The minimum atomic E-state index is -0.514. The molecule has 1 spiro atoms. The van der Waals surface area contributed by atoms with E-state index in [0.29, 0.717) is 31.2 Å². The third-order valence-electron chi connectivity index (χ3n) is 6.71. The number of amides is 2. The van der Waals surface area contributed by atoms with Crippen LogP contribution in [-0.4, -0.2) is 68.1 Å². The molecule has 1 aromatic carbocycles. The van der Waals surface area contributed by atoms with Gasteiger partial charge in [0.1, 0.15) is 12.1 Å². The number of aromatic nitrogens is 3. The molecule has 0 N–H and O–H groups in total. The molecule has 2 aliphatic rings. The fourth-order valence-electron chi connectivity index (χ4n) is 5.00. The summed E-state index contributed by atoms with van der Waals surface area (Å²) in [6.45, 7) is 8.36. The smallest absolute Gasteiger partial charge is 0.410 e. The van der Waals surface area contributed by atoms with E-state index < -0.39 is 5.60 Å². The highest BCUT2D eigenvalue weighted by Gasteiger charge is 2.51. The van der Waals surface area contributed by atoms with Crippen molar-refractivity contribution >= 4 is 23.6 Å². The number of carbonyl (C=O) groups excluding carboxylic acids is 2. The highest BCUT2D eigenvalue weighted by Crippen LogP contribution is 2.40. The van der Waals surface area contributed by atoms with Gasteiger partial charge in [-0.25, -0.2) is 9.78 Å². The van der Waals surface area contributed by atoms with Gasteiger partial charge in [-0.3, -0.25) is 9.78 Å². The van der Waals surface area contributed by atoms with Crippen LogP contribution in [-0.2, 0) is 16.1 Å². The molecule has 0 unspecified atom stereocenters. The average Bonchev–Trinajstić information content (AvgIpc) is 3.43. The number of hydrogen-bond donors (Lipinski definition) is 0. The zero-order chi connectivity index (χ0) is 25.5. The fraction of sp³-hybridized carbons (Fsp3) is 0.407. The molecular weight excluding hydrogens is 478 g/mol. The lowest BCUT2D eigenvalue weighted by atomic mass is 9.79. The summed E-state index contributed by atoms with van der Waals surface area (Å²) in [6, 6.07) is 11.4. The molecule has 4 heterocycles. The van der Waals surface area contributed by atoms with Gasteiger partial charge in [0, 0.05) is 60.1 Å². The van der Waals surface area contributed by atoms with Crippen LogP contribution in [0.3, 0.4) is 0 Å². The Kier molecular flexibility index (Phi) is 6.24. The predicted molar refractivity (Wildman–Crippen MR) is 137 cm³/mol. The first-order valence-electron chi connectivity index (χ1n) is 12.1. The van der Waals surface area contributed by atoms with Gasteiger partial charge in [-0.1, -0.05) is 23.7 Å². The second kappa shape index (κ2) is 9.24. The predicted octanol–water partition coefficient (Wildman–Crippen LogP) is 4.73. The summed E-state index contributed by atoms with van der Waals surface area (Å²) in [5, 5.41) is 0.656. The van der Waals surface area contributed by atoms with E-state index in [9.17, 15) is 9.59 Å². The number of halogens is 1. The van der Waals surface area contributed by atoms with Crippen molar-refractivity contribution in [3.63, 3.8) is 0 Å². The molecule has 9 heteroatoms. The normalized spacial score (nSPS) is 16.8. The van der Waals surface area contributed by atoms with Crippen molar-refractivity contribution in [3.8, 4) is 22.5 Å². The molecule has 2 aliphatic heterocycles. The van der Waals surface area contributed by atoms with E-state index in [1.54, 1.807) is 23.6 Å². The van der Waals surface area contributed by atoms with E-state index in [1.165, 1.54) is 0 Å². The maximum Gasteiger partial charge on any atom is 0.410 e. The number of nitrogens with zero attached hydrogens (tertiary/aromatic N) is 5. The van der Waals surface area contributed by atoms with Gasteiger partial charge in [-0.15, -0.1) is 0 Å². The molecule has 0 atom stereocenters. The van der Waals surface area contributed by atoms with Gasteiger partial charge in [0.05, 0.1) is 17.7 Å². The molecule has 8 nitrogen and oxygen atoms in total. The number of imidazole rings is 1. The number of hydrogen-bond acceptors (Lipinski definition) is 5. The Morgan fingerprint density at radius 3 is 2.33 bits per heavy atom. The number of likely N-dealkylation sites (tertiary alicyclic amines) is 2. The maximum atomic E-state index is 13.4. The van der Waals surface area contributed by atoms with Gasteiger partial charge in [-0.05, 0) is 51.5 Å². The van der Waals surface area contributed by atoms with Gasteiger partial charge < -0.3 is 19.1 Å². The van der Waals surface area contributed by atoms with Crippen molar-refractivity contribution in [1.82, 2.24) is 24.3 Å². The van der Waals surface area contributed by atoms with Crippen LogP contribution in [0.15, 0.2) is 55.1 Å². The van der Waals surface area contributed by atoms with E-state index in [0.717, 1.165) is 28.9 Å². The minimum Gasteiger partial charge on any atom is -0.444 e. The average molecular weight is 508 g/mol. The number of benzene rings is 1.